The number of Topliss-reactive ketones (excluding diaryl/α,β-unsaturated/α-hetero) is 1. The summed E-state index contributed by atoms with van der Waals surface area (Å²) in [6.07, 6.45) is 3.97. The van der Waals surface area contributed by atoms with Gasteiger partial charge in [0.25, 0.3) is 11.7 Å². The average molecular weight is 354 g/mol. The number of hydrogen-bond acceptors (Lipinski definition) is 4. The molecule has 1 amide bonds. The Morgan fingerprint density at radius 3 is 2.46 bits per heavy atom. The van der Waals surface area contributed by atoms with E-state index in [0.717, 1.165) is 31.4 Å². The molecular formula is C20H22N2O4. The van der Waals surface area contributed by atoms with Crippen molar-refractivity contribution in [3.8, 4) is 11.5 Å². The normalized spacial score (nSPS) is 16.9. The highest BCUT2D eigenvalue weighted by atomic mass is 16.7. The molecule has 6 nitrogen and oxygen atoms in total. The number of fused-ring (bicyclic) bond motifs is 1. The molecule has 4 rings (SSSR count). The van der Waals surface area contributed by atoms with Crippen LogP contribution in [0.15, 0.2) is 18.2 Å². The maximum Gasteiger partial charge on any atom is 0.272 e. The van der Waals surface area contributed by atoms with E-state index in [0.29, 0.717) is 34.0 Å². The molecule has 1 spiro atoms. The molecule has 0 saturated heterocycles. The zero-order valence-corrected chi connectivity index (χ0v) is 15.2. The summed E-state index contributed by atoms with van der Waals surface area (Å²) in [4.78, 5) is 27.4. The fourth-order valence-corrected chi connectivity index (χ4v) is 3.99. The first-order chi connectivity index (χ1) is 12.4. The average Bonchev–Trinajstić information content (AvgIpc) is 3.25. The first-order valence-electron chi connectivity index (χ1n) is 8.92. The predicted molar refractivity (Wildman–Crippen MR) is 97.1 cm³/mol. The third-order valence-corrected chi connectivity index (χ3v) is 5.18. The largest absolute Gasteiger partial charge is 0.448 e. The van der Waals surface area contributed by atoms with E-state index in [1.54, 1.807) is 26.0 Å². The maximum atomic E-state index is 12.6. The van der Waals surface area contributed by atoms with E-state index in [4.69, 9.17) is 9.47 Å². The van der Waals surface area contributed by atoms with Crippen LogP contribution < -0.4 is 14.8 Å². The molecule has 6 heteroatoms. The van der Waals surface area contributed by atoms with Gasteiger partial charge in [-0.15, -0.1) is 0 Å². The topological polar surface area (TPSA) is 80.4 Å². The zero-order chi connectivity index (χ0) is 18.5. The number of ether oxygens (including phenoxy) is 2. The zero-order valence-electron chi connectivity index (χ0n) is 15.2. The number of H-pyrrole nitrogens is 1. The molecule has 1 saturated carbocycles. The number of carbonyl (C=O) groups excluding carboxylic acids is 2. The van der Waals surface area contributed by atoms with E-state index in [-0.39, 0.29) is 11.7 Å². The molecule has 1 aromatic heterocycles. The number of amides is 1. The van der Waals surface area contributed by atoms with Gasteiger partial charge in [-0.2, -0.15) is 0 Å². The highest BCUT2D eigenvalue weighted by Gasteiger charge is 2.44. The summed E-state index contributed by atoms with van der Waals surface area (Å²) in [7, 11) is 0. The summed E-state index contributed by atoms with van der Waals surface area (Å²) in [6.45, 7) is 5.07. The smallest absolute Gasteiger partial charge is 0.272 e. The molecule has 0 unspecified atom stereocenters. The van der Waals surface area contributed by atoms with Gasteiger partial charge in [-0.1, -0.05) is 0 Å². The number of aromatic nitrogens is 1. The van der Waals surface area contributed by atoms with Crippen molar-refractivity contribution in [2.75, 3.05) is 5.32 Å². The van der Waals surface area contributed by atoms with Crippen LogP contribution in [0.3, 0.4) is 0 Å². The molecular weight excluding hydrogens is 332 g/mol. The van der Waals surface area contributed by atoms with Crippen LogP contribution in [0.1, 0.15) is 64.7 Å². The van der Waals surface area contributed by atoms with Crippen LogP contribution in [0.5, 0.6) is 11.5 Å². The van der Waals surface area contributed by atoms with Crippen molar-refractivity contribution in [3.05, 3.63) is 40.7 Å². The molecule has 0 atom stereocenters. The Kier molecular flexibility index (Phi) is 3.79. The lowest BCUT2D eigenvalue weighted by Crippen LogP contribution is -2.34. The first kappa shape index (κ1) is 16.7. The minimum Gasteiger partial charge on any atom is -0.448 e. The Morgan fingerprint density at radius 2 is 1.81 bits per heavy atom. The van der Waals surface area contributed by atoms with Crippen LogP contribution >= 0.6 is 0 Å². The van der Waals surface area contributed by atoms with Gasteiger partial charge in [0.2, 0.25) is 0 Å². The van der Waals surface area contributed by atoms with Crippen LogP contribution in [0, 0.1) is 13.8 Å². The molecule has 1 aliphatic carbocycles. The second-order valence-corrected chi connectivity index (χ2v) is 7.12. The van der Waals surface area contributed by atoms with Crippen molar-refractivity contribution in [2.45, 2.75) is 52.2 Å². The number of rotatable bonds is 3. The number of anilines is 1. The van der Waals surface area contributed by atoms with Crippen LogP contribution in [0.2, 0.25) is 0 Å². The molecule has 2 heterocycles. The quantitative estimate of drug-likeness (QED) is 0.812. The second-order valence-electron chi connectivity index (χ2n) is 7.12. The lowest BCUT2D eigenvalue weighted by Gasteiger charge is -2.21. The third-order valence-electron chi connectivity index (χ3n) is 5.18. The summed E-state index contributed by atoms with van der Waals surface area (Å²) in [6, 6.07) is 5.41. The number of aromatic amines is 1. The summed E-state index contributed by atoms with van der Waals surface area (Å²) < 4.78 is 12.0. The van der Waals surface area contributed by atoms with E-state index in [1.807, 2.05) is 6.07 Å². The van der Waals surface area contributed by atoms with Crippen LogP contribution in [-0.2, 0) is 0 Å². The van der Waals surface area contributed by atoms with Gasteiger partial charge in [0.1, 0.15) is 5.69 Å². The molecule has 26 heavy (non-hydrogen) atoms. The van der Waals surface area contributed by atoms with Gasteiger partial charge in [-0.25, -0.2) is 0 Å². The lowest BCUT2D eigenvalue weighted by atomic mass is 10.1. The second kappa shape index (κ2) is 5.90. The van der Waals surface area contributed by atoms with Gasteiger partial charge >= 0.3 is 0 Å². The Morgan fingerprint density at radius 1 is 1.12 bits per heavy atom. The monoisotopic (exact) mass is 354 g/mol. The van der Waals surface area contributed by atoms with E-state index >= 15 is 0 Å². The van der Waals surface area contributed by atoms with Crippen molar-refractivity contribution in [1.29, 1.82) is 0 Å². The SMILES string of the molecule is CC(=O)c1c(C)[nH]c(C(=O)Nc2ccc3c(c2)OC2(CCCC2)O3)c1C. The minimum atomic E-state index is -0.519. The fraction of sp³-hybridized carbons (Fsp3) is 0.400. The van der Waals surface area contributed by atoms with Crippen LogP contribution in [-0.4, -0.2) is 22.5 Å². The first-order valence-corrected chi connectivity index (χ1v) is 8.92. The van der Waals surface area contributed by atoms with Crippen molar-refractivity contribution < 1.29 is 19.1 Å². The van der Waals surface area contributed by atoms with Crippen molar-refractivity contribution in [3.63, 3.8) is 0 Å². The van der Waals surface area contributed by atoms with Crippen molar-refractivity contribution in [1.82, 2.24) is 4.98 Å². The number of benzene rings is 1. The molecule has 1 aliphatic heterocycles. The van der Waals surface area contributed by atoms with Gasteiger partial charge in [0, 0.05) is 35.9 Å². The Labute approximate surface area is 151 Å². The number of hydrogen-bond donors (Lipinski definition) is 2. The summed E-state index contributed by atoms with van der Waals surface area (Å²) in [5.41, 5.74) is 2.97. The van der Waals surface area contributed by atoms with E-state index in [2.05, 4.69) is 10.3 Å². The van der Waals surface area contributed by atoms with E-state index in [9.17, 15) is 9.59 Å². The minimum absolute atomic E-state index is 0.0553. The molecule has 1 aromatic carbocycles. The molecule has 2 aromatic rings. The maximum absolute atomic E-state index is 12.6. The standard InChI is InChI=1S/C20H22N2O4/c1-11-17(13(3)23)12(2)21-18(11)19(24)22-14-6-7-15-16(10-14)26-20(25-15)8-4-5-9-20/h6-7,10,21H,4-5,8-9H2,1-3H3,(H,22,24). The third kappa shape index (κ3) is 2.66. The van der Waals surface area contributed by atoms with Crippen molar-refractivity contribution in [2.24, 2.45) is 0 Å². The van der Waals surface area contributed by atoms with Gasteiger partial charge in [0.05, 0.1) is 0 Å². The van der Waals surface area contributed by atoms with E-state index < -0.39 is 5.79 Å². The Hall–Kier alpha value is -2.76. The highest BCUT2D eigenvalue weighted by Crippen LogP contribution is 2.47. The molecule has 1 fully saturated rings. The summed E-state index contributed by atoms with van der Waals surface area (Å²) >= 11 is 0. The van der Waals surface area contributed by atoms with Gasteiger partial charge in [-0.05, 0) is 51.3 Å². The lowest BCUT2D eigenvalue weighted by molar-refractivity contribution is -0.0716. The molecule has 2 N–H and O–H groups in total. The molecule has 0 radical (unpaired) electrons. The number of carbonyl (C=O) groups is 2. The summed E-state index contributed by atoms with van der Waals surface area (Å²) in [5.74, 6) is 0.520. The molecule has 0 bridgehead atoms. The number of nitrogens with one attached hydrogen (secondary N) is 2. The van der Waals surface area contributed by atoms with Gasteiger partial charge in [0.15, 0.2) is 17.3 Å². The van der Waals surface area contributed by atoms with Gasteiger partial charge in [-0.3, -0.25) is 9.59 Å². The molecule has 2 aliphatic rings. The van der Waals surface area contributed by atoms with Crippen molar-refractivity contribution >= 4 is 17.4 Å². The Balaban J connectivity index is 1.55. The highest BCUT2D eigenvalue weighted by molar-refractivity contribution is 6.07. The number of aryl methyl sites for hydroxylation is 1. The predicted octanol–water partition coefficient (Wildman–Crippen LogP) is 4.13. The van der Waals surface area contributed by atoms with Crippen LogP contribution in [0.4, 0.5) is 5.69 Å². The fourth-order valence-electron chi connectivity index (χ4n) is 3.99. The van der Waals surface area contributed by atoms with Crippen LogP contribution in [0.25, 0.3) is 0 Å². The van der Waals surface area contributed by atoms with E-state index in [1.165, 1.54) is 6.92 Å². The Bertz CT molecular complexity index is 907. The molecule has 136 valence electrons. The number of ketones is 1. The van der Waals surface area contributed by atoms with Gasteiger partial charge < -0.3 is 19.8 Å². The summed E-state index contributed by atoms with van der Waals surface area (Å²) in [5, 5.41) is 2.87.